The average Bonchev–Trinajstić information content (AvgIpc) is 2.90. The van der Waals surface area contributed by atoms with Gasteiger partial charge in [0.1, 0.15) is 11.3 Å². The molecule has 0 aromatic carbocycles. The van der Waals surface area contributed by atoms with Crippen LogP contribution in [0.15, 0.2) is 42.2 Å². The van der Waals surface area contributed by atoms with Crippen LogP contribution in [0.3, 0.4) is 0 Å². The molecule has 5 nitrogen and oxygen atoms in total. The molecule has 0 bridgehead atoms. The molecule has 0 saturated heterocycles. The first kappa shape index (κ1) is 19.8. The third-order valence-corrected chi connectivity index (χ3v) is 5.45. The molecule has 0 amide bonds. The van der Waals surface area contributed by atoms with Crippen molar-refractivity contribution >= 4 is 26.6 Å². The van der Waals surface area contributed by atoms with Crippen molar-refractivity contribution in [1.82, 2.24) is 14.5 Å². The lowest BCUT2D eigenvalue weighted by Crippen LogP contribution is -2.10. The van der Waals surface area contributed by atoms with E-state index in [2.05, 4.69) is 16.5 Å². The molecular formula is C16H15F4N3O2S. The van der Waals surface area contributed by atoms with E-state index < -0.39 is 21.6 Å². The van der Waals surface area contributed by atoms with Crippen LogP contribution < -0.4 is 0 Å². The molecular weight excluding hydrogens is 374 g/mol. The summed E-state index contributed by atoms with van der Waals surface area (Å²) in [6, 6.07) is 0.818. The second kappa shape index (κ2) is 7.02. The Balaban J connectivity index is 2.64. The van der Waals surface area contributed by atoms with Crippen LogP contribution in [-0.2, 0) is 23.1 Å². The third-order valence-electron chi connectivity index (χ3n) is 3.64. The Kier molecular flexibility index (Phi) is 5.36. The van der Waals surface area contributed by atoms with Crippen LogP contribution in [-0.4, -0.2) is 28.7 Å². The summed E-state index contributed by atoms with van der Waals surface area (Å²) in [5.74, 6) is -0.249. The van der Waals surface area contributed by atoms with E-state index in [0.29, 0.717) is 6.20 Å². The van der Waals surface area contributed by atoms with Gasteiger partial charge in [0.15, 0.2) is 15.5 Å². The average molecular weight is 389 g/mol. The Morgan fingerprint density at radius 3 is 2.58 bits per heavy atom. The third kappa shape index (κ3) is 3.69. The zero-order chi connectivity index (χ0) is 19.7. The number of hydrogen-bond acceptors (Lipinski definition) is 4. The highest BCUT2D eigenvalue weighted by Gasteiger charge is 2.32. The number of imidazole rings is 1. The number of aryl methyl sites for hydroxylation is 1. The van der Waals surface area contributed by atoms with Crippen molar-refractivity contribution in [3.05, 3.63) is 53.6 Å². The lowest BCUT2D eigenvalue weighted by atomic mass is 10.2. The summed E-state index contributed by atoms with van der Waals surface area (Å²) in [7, 11) is -2.31. The van der Waals surface area contributed by atoms with Crippen molar-refractivity contribution in [2.45, 2.75) is 13.1 Å². The van der Waals surface area contributed by atoms with Gasteiger partial charge in [-0.3, -0.25) is 0 Å². The summed E-state index contributed by atoms with van der Waals surface area (Å²) in [5.41, 5.74) is -0.979. The Bertz CT molecular complexity index is 1020. The van der Waals surface area contributed by atoms with Crippen molar-refractivity contribution in [3.8, 4) is 0 Å². The number of rotatable bonds is 5. The van der Waals surface area contributed by atoms with E-state index in [-0.39, 0.29) is 39.5 Å². The highest BCUT2D eigenvalue weighted by molar-refractivity contribution is 7.95. The smallest absolute Gasteiger partial charge is 0.312 e. The fourth-order valence-electron chi connectivity index (χ4n) is 2.28. The van der Waals surface area contributed by atoms with Crippen LogP contribution in [0, 0.1) is 0 Å². The number of pyridine rings is 1. The molecule has 0 atom stereocenters. The molecule has 0 saturated carbocycles. The van der Waals surface area contributed by atoms with E-state index in [9.17, 15) is 26.0 Å². The van der Waals surface area contributed by atoms with Gasteiger partial charge in [-0.15, -0.1) is 0 Å². The fourth-order valence-corrected chi connectivity index (χ4v) is 3.35. The maximum Gasteiger partial charge on any atom is 0.417 e. The van der Waals surface area contributed by atoms with Gasteiger partial charge in [-0.1, -0.05) is 13.5 Å². The monoisotopic (exact) mass is 389 g/mol. The number of alkyl halides is 3. The summed E-state index contributed by atoms with van der Waals surface area (Å²) in [4.78, 5) is 7.52. The Labute approximate surface area is 147 Å². The number of nitrogens with zero attached hydrogens (tertiary/aromatic N) is 3. The van der Waals surface area contributed by atoms with Gasteiger partial charge in [-0.05, 0) is 18.2 Å². The molecule has 0 aliphatic heterocycles. The van der Waals surface area contributed by atoms with E-state index in [4.69, 9.17) is 0 Å². The number of sulfone groups is 1. The molecule has 10 heteroatoms. The van der Waals surface area contributed by atoms with Crippen molar-refractivity contribution in [1.29, 1.82) is 0 Å². The molecule has 0 spiro atoms. The molecule has 2 heterocycles. The van der Waals surface area contributed by atoms with E-state index in [0.717, 1.165) is 18.2 Å². The predicted molar refractivity (Wildman–Crippen MR) is 90.3 cm³/mol. The first-order valence-electron chi connectivity index (χ1n) is 7.32. The minimum absolute atomic E-state index is 0.0161. The zero-order valence-corrected chi connectivity index (χ0v) is 14.7. The summed E-state index contributed by atoms with van der Waals surface area (Å²) >= 11 is 0. The highest BCUT2D eigenvalue weighted by Crippen LogP contribution is 2.32. The molecule has 0 fully saturated rings. The summed E-state index contributed by atoms with van der Waals surface area (Å²) < 4.78 is 76.6. The van der Waals surface area contributed by atoms with E-state index >= 15 is 0 Å². The van der Waals surface area contributed by atoms with Crippen LogP contribution in [0.25, 0.3) is 16.7 Å². The van der Waals surface area contributed by atoms with Crippen molar-refractivity contribution < 1.29 is 26.0 Å². The predicted octanol–water partition coefficient (Wildman–Crippen LogP) is 3.80. The van der Waals surface area contributed by atoms with Crippen LogP contribution in [0.5, 0.6) is 0 Å². The van der Waals surface area contributed by atoms with Crippen LogP contribution in [0.4, 0.5) is 17.6 Å². The molecule has 26 heavy (non-hydrogen) atoms. The van der Waals surface area contributed by atoms with Crippen LogP contribution >= 0.6 is 0 Å². The largest absolute Gasteiger partial charge is 0.417 e. The lowest BCUT2D eigenvalue weighted by Gasteiger charge is -2.10. The fraction of sp³-hybridized carbons (Fsp3) is 0.250. The molecule has 2 rings (SSSR count). The molecule has 2 aromatic rings. The van der Waals surface area contributed by atoms with Gasteiger partial charge >= 0.3 is 6.18 Å². The molecule has 2 aromatic heterocycles. The van der Waals surface area contributed by atoms with Gasteiger partial charge < -0.3 is 4.57 Å². The van der Waals surface area contributed by atoms with Gasteiger partial charge in [0.2, 0.25) is 0 Å². The summed E-state index contributed by atoms with van der Waals surface area (Å²) in [6.07, 6.45) is -1.85. The molecule has 0 N–H and O–H groups in total. The van der Waals surface area contributed by atoms with Gasteiger partial charge in [0.05, 0.1) is 22.6 Å². The number of hydrogen-bond donors (Lipinski definition) is 0. The first-order valence-corrected chi connectivity index (χ1v) is 8.97. The molecule has 140 valence electrons. The first-order chi connectivity index (χ1) is 12.0. The van der Waals surface area contributed by atoms with E-state index in [1.807, 2.05) is 0 Å². The number of halogens is 4. The van der Waals surface area contributed by atoms with Gasteiger partial charge in [0.25, 0.3) is 0 Å². The number of fused-ring (bicyclic) bond motifs is 1. The maximum atomic E-state index is 12.8. The SMILES string of the molecule is C=C(/C(=C\C=C/F)S(=O)(=O)CC)c1nc2cc(C(F)(F)F)cnc2n1C. The van der Waals surface area contributed by atoms with Gasteiger partial charge in [-0.25, -0.2) is 22.8 Å². The zero-order valence-electron chi connectivity index (χ0n) is 13.9. The quantitative estimate of drug-likeness (QED) is 0.576. The van der Waals surface area contributed by atoms with Crippen LogP contribution in [0.2, 0.25) is 0 Å². The van der Waals surface area contributed by atoms with Crippen LogP contribution in [0.1, 0.15) is 18.3 Å². The van der Waals surface area contributed by atoms with Gasteiger partial charge in [0, 0.05) is 18.8 Å². The second-order valence-corrected chi connectivity index (χ2v) is 7.54. The second-order valence-electron chi connectivity index (χ2n) is 5.29. The molecule has 0 aliphatic carbocycles. The van der Waals surface area contributed by atoms with Crippen molar-refractivity contribution in [3.63, 3.8) is 0 Å². The van der Waals surface area contributed by atoms with Gasteiger partial charge in [-0.2, -0.15) is 13.2 Å². The minimum Gasteiger partial charge on any atom is -0.312 e. The highest BCUT2D eigenvalue weighted by atomic mass is 32.2. The Morgan fingerprint density at radius 2 is 2.04 bits per heavy atom. The summed E-state index contributed by atoms with van der Waals surface area (Å²) in [5, 5.41) is 0. The Hall–Kier alpha value is -2.49. The Morgan fingerprint density at radius 1 is 1.38 bits per heavy atom. The minimum atomic E-state index is -4.58. The number of allylic oxidation sites excluding steroid dienone is 3. The molecule has 0 aliphatic rings. The number of aromatic nitrogens is 3. The maximum absolute atomic E-state index is 12.8. The van der Waals surface area contributed by atoms with E-state index in [1.165, 1.54) is 18.5 Å². The van der Waals surface area contributed by atoms with Crippen molar-refractivity contribution in [2.75, 3.05) is 5.75 Å². The lowest BCUT2D eigenvalue weighted by molar-refractivity contribution is -0.137. The van der Waals surface area contributed by atoms with Crippen molar-refractivity contribution in [2.24, 2.45) is 7.05 Å². The molecule has 0 radical (unpaired) electrons. The van der Waals surface area contributed by atoms with E-state index in [1.54, 1.807) is 0 Å². The summed E-state index contributed by atoms with van der Waals surface area (Å²) in [6.45, 7) is 5.09. The molecule has 0 unspecified atom stereocenters. The topological polar surface area (TPSA) is 64.8 Å². The standard InChI is InChI=1S/C16H15F4N3O2S/c1-4-26(24,25)13(6-5-7-17)10(2)14-22-12-8-11(16(18,19)20)9-21-15(12)23(14)3/h5-9H,2,4H2,1,3H3/b7-5-,13-6+. The normalized spacial score (nSPS) is 13.7.